The first-order chi connectivity index (χ1) is 14.7. The molecule has 1 N–H and O–H groups in total. The van der Waals surface area contributed by atoms with Gasteiger partial charge in [-0.15, -0.1) is 0 Å². The molecule has 2 aromatic heterocycles. The second kappa shape index (κ2) is 9.39. The number of piperidine rings is 1. The standard InChI is InChI=1S/C22H26N6O2/c1-30-20-8-12-24-22(26-20)27-13-9-18(10-14-27)21(29)23-11-7-17-15-25-28(16-17)19-5-3-2-4-6-19/h2-6,8,12,15-16,18H,7,9-11,13-14H2,1H3,(H,23,29). The number of aromatic nitrogens is 4. The predicted octanol–water partition coefficient (Wildman–Crippen LogP) is 2.25. The molecule has 1 aliphatic heterocycles. The molecule has 0 spiro atoms. The van der Waals surface area contributed by atoms with Gasteiger partial charge in [-0.25, -0.2) is 9.67 Å². The van der Waals surface area contributed by atoms with Crippen molar-refractivity contribution in [3.63, 3.8) is 0 Å². The van der Waals surface area contributed by atoms with Crippen LogP contribution in [-0.2, 0) is 11.2 Å². The third kappa shape index (κ3) is 4.76. The van der Waals surface area contributed by atoms with Crippen LogP contribution >= 0.6 is 0 Å². The second-order valence-corrected chi connectivity index (χ2v) is 7.33. The lowest BCUT2D eigenvalue weighted by Gasteiger charge is -2.31. The number of hydrogen-bond donors (Lipinski definition) is 1. The van der Waals surface area contributed by atoms with E-state index in [1.165, 1.54) is 0 Å². The van der Waals surface area contributed by atoms with E-state index in [4.69, 9.17) is 4.74 Å². The summed E-state index contributed by atoms with van der Waals surface area (Å²) in [6, 6.07) is 11.7. The van der Waals surface area contributed by atoms with Crippen molar-refractivity contribution in [2.24, 2.45) is 5.92 Å². The molecule has 0 atom stereocenters. The molecule has 8 nitrogen and oxygen atoms in total. The first-order valence-electron chi connectivity index (χ1n) is 10.2. The van der Waals surface area contributed by atoms with Gasteiger partial charge in [-0.1, -0.05) is 18.2 Å². The normalized spacial score (nSPS) is 14.5. The highest BCUT2D eigenvalue weighted by molar-refractivity contribution is 5.78. The van der Waals surface area contributed by atoms with Crippen LogP contribution in [0.5, 0.6) is 5.88 Å². The second-order valence-electron chi connectivity index (χ2n) is 7.33. The van der Waals surface area contributed by atoms with Gasteiger partial charge in [-0.05, 0) is 37.0 Å². The molecule has 0 unspecified atom stereocenters. The third-order valence-corrected chi connectivity index (χ3v) is 5.34. The molecular weight excluding hydrogens is 380 g/mol. The van der Waals surface area contributed by atoms with Crippen LogP contribution in [0.1, 0.15) is 18.4 Å². The fraction of sp³-hybridized carbons (Fsp3) is 0.364. The molecule has 3 aromatic rings. The fourth-order valence-electron chi connectivity index (χ4n) is 3.63. The van der Waals surface area contributed by atoms with E-state index in [0.717, 1.165) is 43.6 Å². The van der Waals surface area contributed by atoms with Crippen molar-refractivity contribution in [1.29, 1.82) is 0 Å². The van der Waals surface area contributed by atoms with Gasteiger partial charge in [-0.2, -0.15) is 10.1 Å². The number of benzene rings is 1. The van der Waals surface area contributed by atoms with Crippen molar-refractivity contribution in [2.45, 2.75) is 19.3 Å². The van der Waals surface area contributed by atoms with Gasteiger partial charge >= 0.3 is 0 Å². The van der Waals surface area contributed by atoms with Crippen LogP contribution in [0.2, 0.25) is 0 Å². The Morgan fingerprint density at radius 2 is 2.00 bits per heavy atom. The molecule has 1 aromatic carbocycles. The van der Waals surface area contributed by atoms with Crippen LogP contribution in [0.25, 0.3) is 5.69 Å². The van der Waals surface area contributed by atoms with Gasteiger partial charge in [0.2, 0.25) is 17.7 Å². The number of carbonyl (C=O) groups is 1. The molecule has 4 rings (SSSR count). The van der Waals surface area contributed by atoms with E-state index in [1.807, 2.05) is 47.4 Å². The smallest absolute Gasteiger partial charge is 0.228 e. The third-order valence-electron chi connectivity index (χ3n) is 5.34. The van der Waals surface area contributed by atoms with Crippen LogP contribution in [-0.4, -0.2) is 52.4 Å². The monoisotopic (exact) mass is 406 g/mol. The van der Waals surface area contributed by atoms with Crippen molar-refractivity contribution in [1.82, 2.24) is 25.1 Å². The maximum Gasteiger partial charge on any atom is 0.228 e. The Bertz CT molecular complexity index is 967. The number of anilines is 1. The van der Waals surface area contributed by atoms with Gasteiger partial charge in [0.15, 0.2) is 0 Å². The highest BCUT2D eigenvalue weighted by atomic mass is 16.5. The molecule has 1 saturated heterocycles. The molecule has 30 heavy (non-hydrogen) atoms. The minimum absolute atomic E-state index is 0.0268. The average Bonchev–Trinajstić information content (AvgIpc) is 3.29. The largest absolute Gasteiger partial charge is 0.481 e. The summed E-state index contributed by atoms with van der Waals surface area (Å²) < 4.78 is 7.02. The van der Waals surface area contributed by atoms with Crippen molar-refractivity contribution < 1.29 is 9.53 Å². The number of rotatable bonds is 7. The summed E-state index contributed by atoms with van der Waals surface area (Å²) in [7, 11) is 1.59. The Hall–Kier alpha value is -3.42. The van der Waals surface area contributed by atoms with E-state index in [-0.39, 0.29) is 11.8 Å². The van der Waals surface area contributed by atoms with Gasteiger partial charge in [0.25, 0.3) is 0 Å². The maximum absolute atomic E-state index is 12.6. The molecule has 1 fully saturated rings. The van der Waals surface area contributed by atoms with Gasteiger partial charge in [0.1, 0.15) is 0 Å². The summed E-state index contributed by atoms with van der Waals surface area (Å²) in [6.45, 7) is 2.13. The lowest BCUT2D eigenvalue weighted by atomic mass is 9.96. The van der Waals surface area contributed by atoms with E-state index in [1.54, 1.807) is 19.4 Å². The molecule has 0 saturated carbocycles. The Morgan fingerprint density at radius 1 is 1.20 bits per heavy atom. The Morgan fingerprint density at radius 3 is 2.77 bits per heavy atom. The van der Waals surface area contributed by atoms with E-state index >= 15 is 0 Å². The van der Waals surface area contributed by atoms with Crippen molar-refractivity contribution in [2.75, 3.05) is 31.6 Å². The number of ether oxygens (including phenoxy) is 1. The summed E-state index contributed by atoms with van der Waals surface area (Å²) in [5, 5.41) is 7.48. The minimum atomic E-state index is 0.0268. The van der Waals surface area contributed by atoms with Gasteiger partial charge in [0, 0.05) is 44.0 Å². The number of carbonyl (C=O) groups excluding carboxylic acids is 1. The van der Waals surface area contributed by atoms with Crippen molar-refractivity contribution in [3.05, 3.63) is 60.6 Å². The van der Waals surface area contributed by atoms with Crippen molar-refractivity contribution >= 4 is 11.9 Å². The summed E-state index contributed by atoms with van der Waals surface area (Å²) >= 11 is 0. The molecule has 156 valence electrons. The maximum atomic E-state index is 12.6. The summed E-state index contributed by atoms with van der Waals surface area (Å²) in [5.41, 5.74) is 2.13. The number of amides is 1. The fourth-order valence-corrected chi connectivity index (χ4v) is 3.63. The highest BCUT2D eigenvalue weighted by Gasteiger charge is 2.26. The highest BCUT2D eigenvalue weighted by Crippen LogP contribution is 2.22. The average molecular weight is 406 g/mol. The lowest BCUT2D eigenvalue weighted by molar-refractivity contribution is -0.125. The zero-order valence-electron chi connectivity index (χ0n) is 17.1. The first kappa shape index (κ1) is 19.9. The number of nitrogens with one attached hydrogen (secondary N) is 1. The zero-order chi connectivity index (χ0) is 20.8. The van der Waals surface area contributed by atoms with Crippen LogP contribution < -0.4 is 15.0 Å². The predicted molar refractivity (Wildman–Crippen MR) is 114 cm³/mol. The molecule has 0 bridgehead atoms. The van der Waals surface area contributed by atoms with Crippen molar-refractivity contribution in [3.8, 4) is 11.6 Å². The van der Waals surface area contributed by atoms with Gasteiger partial charge in [0.05, 0.1) is 19.0 Å². The Labute approximate surface area is 175 Å². The van der Waals surface area contributed by atoms with Crippen LogP contribution in [0.4, 0.5) is 5.95 Å². The van der Waals surface area contributed by atoms with E-state index in [2.05, 4.69) is 25.3 Å². The molecule has 3 heterocycles. The molecule has 8 heteroatoms. The number of nitrogens with zero attached hydrogens (tertiary/aromatic N) is 5. The van der Waals surface area contributed by atoms with E-state index in [9.17, 15) is 4.79 Å². The van der Waals surface area contributed by atoms with Crippen LogP contribution in [0.15, 0.2) is 55.0 Å². The molecule has 1 aliphatic rings. The van der Waals surface area contributed by atoms with Crippen LogP contribution in [0, 0.1) is 5.92 Å². The first-order valence-corrected chi connectivity index (χ1v) is 10.2. The Kier molecular flexibility index (Phi) is 6.22. The molecule has 0 aliphatic carbocycles. The number of methoxy groups -OCH3 is 1. The number of hydrogen-bond acceptors (Lipinski definition) is 6. The quantitative estimate of drug-likeness (QED) is 0.648. The SMILES string of the molecule is COc1ccnc(N2CCC(C(=O)NCCc3cnn(-c4ccccc4)c3)CC2)n1. The minimum Gasteiger partial charge on any atom is -0.481 e. The molecule has 1 amide bonds. The topological polar surface area (TPSA) is 85.2 Å². The lowest BCUT2D eigenvalue weighted by Crippen LogP contribution is -2.41. The summed E-state index contributed by atoms with van der Waals surface area (Å²) in [6.07, 6.45) is 7.89. The van der Waals surface area contributed by atoms with Gasteiger partial charge in [-0.3, -0.25) is 4.79 Å². The van der Waals surface area contributed by atoms with E-state index in [0.29, 0.717) is 18.4 Å². The van der Waals surface area contributed by atoms with Gasteiger partial charge < -0.3 is 15.0 Å². The van der Waals surface area contributed by atoms with Crippen LogP contribution in [0.3, 0.4) is 0 Å². The van der Waals surface area contributed by atoms with E-state index < -0.39 is 0 Å². The molecular formula is C22H26N6O2. The summed E-state index contributed by atoms with van der Waals surface area (Å²) in [4.78, 5) is 23.3. The molecule has 0 radical (unpaired) electrons. The summed E-state index contributed by atoms with van der Waals surface area (Å²) in [5.74, 6) is 1.36. The zero-order valence-corrected chi connectivity index (χ0v) is 17.1. The Balaban J connectivity index is 1.22. The number of para-hydroxylation sites is 1.